The maximum Gasteiger partial charge on any atom is 0.178 e. The van der Waals surface area contributed by atoms with Gasteiger partial charge in [-0.05, 0) is 74.7 Å². The molecule has 3 aromatic rings. The summed E-state index contributed by atoms with van der Waals surface area (Å²) >= 11 is 0. The van der Waals surface area contributed by atoms with Gasteiger partial charge < -0.3 is 5.32 Å². The average molecular weight is 351 g/mol. The first-order valence-corrected chi connectivity index (χ1v) is 9.47. The van der Waals surface area contributed by atoms with Crippen LogP contribution in [0, 0.1) is 11.7 Å². The van der Waals surface area contributed by atoms with Crippen molar-refractivity contribution in [1.29, 1.82) is 0 Å². The maximum atomic E-state index is 13.7. The molecule has 1 aliphatic carbocycles. The van der Waals surface area contributed by atoms with E-state index in [0.29, 0.717) is 23.3 Å². The minimum Gasteiger partial charge on any atom is -0.316 e. The summed E-state index contributed by atoms with van der Waals surface area (Å²) < 4.78 is 15.4. The van der Waals surface area contributed by atoms with Crippen molar-refractivity contribution in [1.82, 2.24) is 24.7 Å². The molecule has 1 atom stereocenters. The molecule has 0 bridgehead atoms. The molecule has 0 radical (unpaired) electrons. The fraction of sp³-hybridized carbons (Fsp3) is 0.450. The lowest BCUT2D eigenvalue weighted by Gasteiger charge is -2.23. The van der Waals surface area contributed by atoms with E-state index in [4.69, 9.17) is 4.98 Å². The molecule has 26 heavy (non-hydrogen) atoms. The highest BCUT2D eigenvalue weighted by atomic mass is 19.1. The van der Waals surface area contributed by atoms with Crippen molar-refractivity contribution < 1.29 is 4.39 Å². The standard InChI is InChI=1S/C20H22FN5/c21-15-5-6-19-23-11-18(26(19)12-15)20-24-10-16(14-3-4-14)17(25-20)8-13-2-1-7-22-9-13/h5-6,10-14,22H,1-4,7-9H2/t13-/m0/s1. The first kappa shape index (κ1) is 15.9. The number of hydrogen-bond acceptors (Lipinski definition) is 4. The molecular weight excluding hydrogens is 329 g/mol. The summed E-state index contributed by atoms with van der Waals surface area (Å²) in [5.41, 5.74) is 3.91. The Morgan fingerprint density at radius 3 is 2.88 bits per heavy atom. The summed E-state index contributed by atoms with van der Waals surface area (Å²) in [6.07, 6.45) is 11.1. The number of aromatic nitrogens is 4. The van der Waals surface area contributed by atoms with Gasteiger partial charge >= 0.3 is 0 Å². The normalized spacial score (nSPS) is 20.6. The summed E-state index contributed by atoms with van der Waals surface area (Å²) in [4.78, 5) is 13.9. The molecule has 4 heterocycles. The Morgan fingerprint density at radius 2 is 2.08 bits per heavy atom. The number of fused-ring (bicyclic) bond motifs is 1. The van der Waals surface area contributed by atoms with Gasteiger partial charge in [-0.25, -0.2) is 19.3 Å². The third kappa shape index (κ3) is 2.98. The quantitative estimate of drug-likeness (QED) is 0.783. The molecule has 3 aromatic heterocycles. The topological polar surface area (TPSA) is 55.1 Å². The van der Waals surface area contributed by atoms with Gasteiger partial charge in [0.25, 0.3) is 0 Å². The molecule has 6 heteroatoms. The zero-order valence-corrected chi connectivity index (χ0v) is 14.7. The number of imidazole rings is 1. The summed E-state index contributed by atoms with van der Waals surface area (Å²) in [5, 5.41) is 3.49. The molecule has 5 nitrogen and oxygen atoms in total. The Morgan fingerprint density at radius 1 is 1.15 bits per heavy atom. The van der Waals surface area contributed by atoms with Crippen molar-refractivity contribution in [3.63, 3.8) is 0 Å². The van der Waals surface area contributed by atoms with Gasteiger partial charge in [0.2, 0.25) is 0 Å². The predicted molar refractivity (Wildman–Crippen MR) is 97.4 cm³/mol. The molecule has 1 saturated carbocycles. The maximum absolute atomic E-state index is 13.7. The predicted octanol–water partition coefficient (Wildman–Crippen LogP) is 3.35. The third-order valence-corrected chi connectivity index (χ3v) is 5.50. The van der Waals surface area contributed by atoms with E-state index in [1.165, 1.54) is 43.5 Å². The number of pyridine rings is 1. The van der Waals surface area contributed by atoms with E-state index < -0.39 is 0 Å². The first-order chi connectivity index (χ1) is 12.8. The van der Waals surface area contributed by atoms with Crippen molar-refractivity contribution >= 4 is 5.65 Å². The lowest BCUT2D eigenvalue weighted by atomic mass is 9.92. The van der Waals surface area contributed by atoms with E-state index in [2.05, 4.69) is 15.3 Å². The lowest BCUT2D eigenvalue weighted by Crippen LogP contribution is -2.31. The fourth-order valence-corrected chi connectivity index (χ4v) is 3.94. The highest BCUT2D eigenvalue weighted by molar-refractivity contribution is 5.57. The monoisotopic (exact) mass is 351 g/mol. The lowest BCUT2D eigenvalue weighted by molar-refractivity contribution is 0.372. The Bertz CT molecular complexity index is 941. The van der Waals surface area contributed by atoms with Gasteiger partial charge in [-0.15, -0.1) is 0 Å². The van der Waals surface area contributed by atoms with Crippen LogP contribution in [0.4, 0.5) is 4.39 Å². The number of rotatable bonds is 4. The molecule has 0 amide bonds. The van der Waals surface area contributed by atoms with Crippen LogP contribution in [0.3, 0.4) is 0 Å². The Labute approximate surface area is 151 Å². The van der Waals surface area contributed by atoms with E-state index in [1.54, 1.807) is 16.7 Å². The molecule has 5 rings (SSSR count). The van der Waals surface area contributed by atoms with E-state index in [9.17, 15) is 4.39 Å². The molecule has 134 valence electrons. The Kier molecular flexibility index (Phi) is 3.93. The third-order valence-electron chi connectivity index (χ3n) is 5.50. The fourth-order valence-electron chi connectivity index (χ4n) is 3.94. The van der Waals surface area contributed by atoms with Crippen LogP contribution in [0.2, 0.25) is 0 Å². The smallest absolute Gasteiger partial charge is 0.178 e. The van der Waals surface area contributed by atoms with Crippen LogP contribution in [0.5, 0.6) is 0 Å². The minimum atomic E-state index is -0.292. The molecular formula is C20H22FN5. The van der Waals surface area contributed by atoms with Crippen LogP contribution in [0.25, 0.3) is 17.2 Å². The molecule has 0 aromatic carbocycles. The van der Waals surface area contributed by atoms with Crippen molar-refractivity contribution in [3.05, 3.63) is 47.8 Å². The number of nitrogens with zero attached hydrogens (tertiary/aromatic N) is 4. The van der Waals surface area contributed by atoms with Crippen molar-refractivity contribution in [2.24, 2.45) is 5.92 Å². The Hall–Kier alpha value is -2.34. The molecule has 2 fully saturated rings. The van der Waals surface area contributed by atoms with Crippen LogP contribution in [-0.4, -0.2) is 32.4 Å². The molecule has 1 aliphatic heterocycles. The number of hydrogen-bond donors (Lipinski definition) is 1. The summed E-state index contributed by atoms with van der Waals surface area (Å²) in [6, 6.07) is 3.09. The highest BCUT2D eigenvalue weighted by Crippen LogP contribution is 2.42. The van der Waals surface area contributed by atoms with Crippen molar-refractivity contribution in [3.8, 4) is 11.5 Å². The van der Waals surface area contributed by atoms with Crippen LogP contribution < -0.4 is 5.32 Å². The minimum absolute atomic E-state index is 0.292. The van der Waals surface area contributed by atoms with E-state index >= 15 is 0 Å². The van der Waals surface area contributed by atoms with Crippen LogP contribution in [-0.2, 0) is 6.42 Å². The van der Waals surface area contributed by atoms with Gasteiger partial charge in [-0.1, -0.05) is 0 Å². The molecule has 1 saturated heterocycles. The second-order valence-electron chi connectivity index (χ2n) is 7.51. The Balaban J connectivity index is 1.54. The first-order valence-electron chi connectivity index (χ1n) is 9.47. The second kappa shape index (κ2) is 6.43. The van der Waals surface area contributed by atoms with Gasteiger partial charge in [0, 0.05) is 18.1 Å². The molecule has 0 spiro atoms. The number of nitrogens with one attached hydrogen (secondary N) is 1. The van der Waals surface area contributed by atoms with Crippen LogP contribution in [0.15, 0.2) is 30.7 Å². The SMILES string of the molecule is Fc1ccc2ncc(-c3ncc(C4CC4)c(C[C@@H]4CCCNC4)n3)n2c1. The van der Waals surface area contributed by atoms with E-state index in [1.807, 2.05) is 6.20 Å². The van der Waals surface area contributed by atoms with E-state index in [-0.39, 0.29) is 5.82 Å². The summed E-state index contributed by atoms with van der Waals surface area (Å²) in [6.45, 7) is 2.18. The molecule has 2 aliphatic rings. The molecule has 0 unspecified atom stereocenters. The average Bonchev–Trinajstić information content (AvgIpc) is 3.42. The van der Waals surface area contributed by atoms with Gasteiger partial charge in [-0.3, -0.25) is 4.40 Å². The van der Waals surface area contributed by atoms with Crippen molar-refractivity contribution in [2.45, 2.75) is 38.0 Å². The highest BCUT2D eigenvalue weighted by Gasteiger charge is 2.29. The van der Waals surface area contributed by atoms with Gasteiger partial charge in [0.05, 0.1) is 6.20 Å². The van der Waals surface area contributed by atoms with Crippen molar-refractivity contribution in [2.75, 3.05) is 13.1 Å². The van der Waals surface area contributed by atoms with Gasteiger partial charge in [0.1, 0.15) is 17.2 Å². The second-order valence-corrected chi connectivity index (χ2v) is 7.51. The molecule has 1 N–H and O–H groups in total. The van der Waals surface area contributed by atoms with Gasteiger partial charge in [-0.2, -0.15) is 0 Å². The number of piperidine rings is 1. The van der Waals surface area contributed by atoms with Gasteiger partial charge in [0.15, 0.2) is 5.82 Å². The summed E-state index contributed by atoms with van der Waals surface area (Å²) in [7, 11) is 0. The van der Waals surface area contributed by atoms with E-state index in [0.717, 1.165) is 30.9 Å². The zero-order chi connectivity index (χ0) is 17.5. The van der Waals surface area contributed by atoms with Crippen LogP contribution in [0.1, 0.15) is 42.9 Å². The zero-order valence-electron chi connectivity index (χ0n) is 14.7. The largest absolute Gasteiger partial charge is 0.316 e. The van der Waals surface area contributed by atoms with Crippen LogP contribution >= 0.6 is 0 Å². The number of halogens is 1. The summed E-state index contributed by atoms with van der Waals surface area (Å²) in [5.74, 6) is 1.59.